The van der Waals surface area contributed by atoms with E-state index in [1.165, 1.54) is 0 Å². The molecular weight excluding hydrogens is 220 g/mol. The fourth-order valence-electron chi connectivity index (χ4n) is 1.51. The molecule has 4 nitrogen and oxygen atoms in total. The Hall–Kier alpha value is 0.0869. The monoisotopic (exact) mass is 237 g/mol. The molecule has 0 saturated carbocycles. The van der Waals surface area contributed by atoms with Crippen LogP contribution in [0.4, 0.5) is 0 Å². The van der Waals surface area contributed by atoms with Gasteiger partial charge in [0.1, 0.15) is 0 Å². The predicted octanol–water partition coefficient (Wildman–Crippen LogP) is 0.364. The van der Waals surface area contributed by atoms with E-state index in [1.807, 2.05) is 0 Å². The maximum atomic E-state index is 11.1. The third-order valence-corrected chi connectivity index (χ3v) is 5.26. The van der Waals surface area contributed by atoms with Crippen molar-refractivity contribution in [2.24, 2.45) is 0 Å². The molecule has 0 N–H and O–H groups in total. The van der Waals surface area contributed by atoms with E-state index in [-0.39, 0.29) is 17.6 Å². The van der Waals surface area contributed by atoms with Crippen molar-refractivity contribution < 1.29 is 18.0 Å². The average molecular weight is 237 g/mol. The number of ether oxygens (including phenoxy) is 1. The lowest BCUT2D eigenvalue weighted by Gasteiger charge is -2.09. The summed E-state index contributed by atoms with van der Waals surface area (Å²) in [6, 6.07) is 0.736. The first kappa shape index (κ1) is 12.2. The van der Waals surface area contributed by atoms with Crippen LogP contribution in [0.15, 0.2) is 0 Å². The first-order chi connectivity index (χ1) is 6.49. The van der Waals surface area contributed by atoms with E-state index in [0.29, 0.717) is 13.0 Å². The molecule has 1 aliphatic heterocycles. The zero-order valence-corrected chi connectivity index (χ0v) is 10.4. The van der Waals surface area contributed by atoms with Crippen LogP contribution in [0.25, 0.3) is 0 Å². The zero-order valence-electron chi connectivity index (χ0n) is 8.44. The highest BCUT2D eigenvalue weighted by molar-refractivity contribution is 7.91. The molecule has 2 atom stereocenters. The third kappa shape index (κ3) is 4.54. The summed E-state index contributed by atoms with van der Waals surface area (Å²) in [6.45, 7) is 2.31. The Balaban J connectivity index is 2.09. The smallest absolute Gasteiger partial charge is 0.219 e. The Bertz CT molecular complexity index is 263. The Morgan fingerprint density at radius 1 is 1.50 bits per heavy atom. The highest BCUT2D eigenvalue weighted by atomic mass is 32.2. The van der Waals surface area contributed by atoms with Gasteiger partial charge in [0.2, 0.25) is 9.04 Å². The van der Waals surface area contributed by atoms with Gasteiger partial charge in [-0.25, -0.2) is 8.42 Å². The van der Waals surface area contributed by atoms with Gasteiger partial charge in [0, 0.05) is 6.61 Å². The molecule has 0 aromatic heterocycles. The van der Waals surface area contributed by atoms with E-state index in [0.717, 1.165) is 12.5 Å². The van der Waals surface area contributed by atoms with E-state index in [1.54, 1.807) is 6.55 Å². The van der Waals surface area contributed by atoms with Gasteiger partial charge >= 0.3 is 0 Å². The topological polar surface area (TPSA) is 63.3 Å². The Morgan fingerprint density at radius 2 is 2.21 bits per heavy atom. The molecule has 0 aromatic rings. The SMILES string of the molecule is C[SiH]([O])CCCOC1CCS(=O)(=O)C1. The van der Waals surface area contributed by atoms with Crippen LogP contribution in [0, 0.1) is 0 Å². The first-order valence-electron chi connectivity index (χ1n) is 4.97. The van der Waals surface area contributed by atoms with Crippen molar-refractivity contribution in [1.29, 1.82) is 0 Å². The molecule has 0 spiro atoms. The molecule has 1 saturated heterocycles. The summed E-state index contributed by atoms with van der Waals surface area (Å²) in [4.78, 5) is 10.8. The lowest BCUT2D eigenvalue weighted by atomic mass is 10.3. The summed E-state index contributed by atoms with van der Waals surface area (Å²) in [7, 11) is -4.54. The van der Waals surface area contributed by atoms with Gasteiger partial charge in [-0.15, -0.1) is 0 Å². The molecule has 1 radical (unpaired) electrons. The lowest BCUT2D eigenvalue weighted by Crippen LogP contribution is -2.16. The highest BCUT2D eigenvalue weighted by Gasteiger charge is 2.28. The standard InChI is InChI=1S/C8H17O4SSi/c1-14(11)6-2-4-12-8-3-5-13(9,10)7-8/h8,14H,2-7H2,1H3. The Morgan fingerprint density at radius 3 is 2.71 bits per heavy atom. The normalized spacial score (nSPS) is 27.7. The fourth-order valence-corrected chi connectivity index (χ4v) is 3.87. The summed E-state index contributed by atoms with van der Waals surface area (Å²) >= 11 is 0. The van der Waals surface area contributed by atoms with Crippen molar-refractivity contribution in [3.8, 4) is 0 Å². The van der Waals surface area contributed by atoms with E-state index in [9.17, 15) is 13.2 Å². The molecule has 2 unspecified atom stereocenters. The van der Waals surface area contributed by atoms with Gasteiger partial charge in [0.05, 0.1) is 17.6 Å². The van der Waals surface area contributed by atoms with Gasteiger partial charge in [-0.2, -0.15) is 0 Å². The summed E-state index contributed by atoms with van der Waals surface area (Å²) in [5.74, 6) is 0.418. The molecule has 0 bridgehead atoms. The van der Waals surface area contributed by atoms with Gasteiger partial charge in [-0.1, -0.05) is 0 Å². The second-order valence-corrected chi connectivity index (χ2v) is 8.28. The minimum Gasteiger partial charge on any atom is -0.377 e. The first-order valence-corrected chi connectivity index (χ1v) is 9.24. The second-order valence-electron chi connectivity index (χ2n) is 3.85. The fraction of sp³-hybridized carbons (Fsp3) is 1.00. The van der Waals surface area contributed by atoms with E-state index in [2.05, 4.69) is 0 Å². The lowest BCUT2D eigenvalue weighted by molar-refractivity contribution is 0.0711. The van der Waals surface area contributed by atoms with Gasteiger partial charge in [-0.05, 0) is 25.4 Å². The van der Waals surface area contributed by atoms with E-state index < -0.39 is 18.9 Å². The highest BCUT2D eigenvalue weighted by Crippen LogP contribution is 2.15. The van der Waals surface area contributed by atoms with Gasteiger partial charge in [0.15, 0.2) is 9.84 Å². The largest absolute Gasteiger partial charge is 0.377 e. The molecule has 83 valence electrons. The summed E-state index contributed by atoms with van der Waals surface area (Å²) in [5, 5.41) is 0. The van der Waals surface area contributed by atoms with Crippen molar-refractivity contribution >= 4 is 18.9 Å². The summed E-state index contributed by atoms with van der Waals surface area (Å²) in [5.41, 5.74) is 0. The minimum absolute atomic E-state index is 0.122. The molecule has 0 amide bonds. The molecular formula is C8H17O4SSi. The number of sulfone groups is 1. The number of hydrogen-bond acceptors (Lipinski definition) is 3. The predicted molar refractivity (Wildman–Crippen MR) is 56.1 cm³/mol. The molecule has 0 aromatic carbocycles. The average Bonchev–Trinajstić information content (AvgIpc) is 2.39. The van der Waals surface area contributed by atoms with Crippen molar-refractivity contribution in [3.05, 3.63) is 0 Å². The van der Waals surface area contributed by atoms with E-state index in [4.69, 9.17) is 4.74 Å². The van der Waals surface area contributed by atoms with Crippen LogP contribution in [0.5, 0.6) is 0 Å². The number of hydrogen-bond donors (Lipinski definition) is 0. The van der Waals surface area contributed by atoms with Crippen LogP contribution in [-0.2, 0) is 19.4 Å². The zero-order chi connectivity index (χ0) is 10.6. The molecule has 0 aliphatic carbocycles. The van der Waals surface area contributed by atoms with Crippen molar-refractivity contribution in [2.45, 2.75) is 31.5 Å². The molecule has 1 rings (SSSR count). The van der Waals surface area contributed by atoms with Crippen LogP contribution < -0.4 is 0 Å². The molecule has 1 aliphatic rings. The maximum absolute atomic E-state index is 11.1. The van der Waals surface area contributed by atoms with Crippen molar-refractivity contribution in [1.82, 2.24) is 0 Å². The molecule has 1 heterocycles. The summed E-state index contributed by atoms with van der Waals surface area (Å²) in [6.07, 6.45) is 1.28. The van der Waals surface area contributed by atoms with Crippen LogP contribution in [0.3, 0.4) is 0 Å². The number of rotatable bonds is 5. The maximum Gasteiger partial charge on any atom is 0.219 e. The van der Waals surface area contributed by atoms with Crippen LogP contribution >= 0.6 is 0 Å². The molecule has 14 heavy (non-hydrogen) atoms. The summed E-state index contributed by atoms with van der Waals surface area (Å²) < 4.78 is 27.5. The Kier molecular flexibility index (Phi) is 4.56. The van der Waals surface area contributed by atoms with Crippen molar-refractivity contribution in [2.75, 3.05) is 18.1 Å². The molecule has 6 heteroatoms. The van der Waals surface area contributed by atoms with Crippen LogP contribution in [0.1, 0.15) is 12.8 Å². The minimum atomic E-state index is -2.83. The molecule has 1 fully saturated rings. The van der Waals surface area contributed by atoms with Gasteiger partial charge in [0.25, 0.3) is 0 Å². The van der Waals surface area contributed by atoms with Gasteiger partial charge in [-0.3, -0.25) is 0 Å². The quantitative estimate of drug-likeness (QED) is 0.512. The second kappa shape index (κ2) is 5.25. The van der Waals surface area contributed by atoms with Crippen LogP contribution in [-0.4, -0.2) is 41.7 Å². The Labute approximate surface area is 86.9 Å². The van der Waals surface area contributed by atoms with E-state index >= 15 is 0 Å². The van der Waals surface area contributed by atoms with Crippen LogP contribution in [0.2, 0.25) is 12.6 Å². The third-order valence-electron chi connectivity index (χ3n) is 2.30. The van der Waals surface area contributed by atoms with Crippen molar-refractivity contribution in [3.63, 3.8) is 0 Å². The van der Waals surface area contributed by atoms with Gasteiger partial charge < -0.3 is 9.53 Å².